The van der Waals surface area contributed by atoms with Crippen LogP contribution in [0.1, 0.15) is 62.0 Å². The summed E-state index contributed by atoms with van der Waals surface area (Å²) in [5, 5.41) is 0. The number of thiophene rings is 4. The van der Waals surface area contributed by atoms with Gasteiger partial charge in [0.1, 0.15) is 0 Å². The zero-order valence-corrected chi connectivity index (χ0v) is 27.5. The van der Waals surface area contributed by atoms with Gasteiger partial charge in [0, 0.05) is 48.0 Å². The number of hydrogen-bond donors (Lipinski definition) is 0. The van der Waals surface area contributed by atoms with Crippen LogP contribution in [-0.2, 0) is 0 Å². The van der Waals surface area contributed by atoms with Crippen LogP contribution >= 0.6 is 77.2 Å². The van der Waals surface area contributed by atoms with Crippen molar-refractivity contribution in [2.45, 2.75) is 11.8 Å². The molecule has 0 atom stereocenters. The minimum absolute atomic E-state index is 0.222. The molecule has 8 bridgehead atoms. The molecule has 0 aliphatic carbocycles. The predicted molar refractivity (Wildman–Crippen MR) is 185 cm³/mol. The lowest BCUT2D eigenvalue weighted by Gasteiger charge is -2.15. The van der Waals surface area contributed by atoms with Crippen molar-refractivity contribution in [3.05, 3.63) is 156 Å². The zero-order chi connectivity index (χ0) is 27.1. The van der Waals surface area contributed by atoms with Crippen LogP contribution in [0.25, 0.3) is 24.3 Å². The first-order chi connectivity index (χ1) is 19.6. The number of hydrogen-bond acceptors (Lipinski definition) is 4. The van der Waals surface area contributed by atoms with Crippen LogP contribution in [0.3, 0.4) is 0 Å². The molecule has 0 spiro atoms. The minimum Gasteiger partial charge on any atom is -0.140 e. The molecule has 0 nitrogen and oxygen atoms in total. The van der Waals surface area contributed by atoms with Crippen molar-refractivity contribution in [2.24, 2.45) is 0 Å². The highest BCUT2D eigenvalue weighted by Gasteiger charge is 2.22. The third-order valence-electron chi connectivity index (χ3n) is 6.96. The molecular formula is C34H22Br2S4. The van der Waals surface area contributed by atoms with Gasteiger partial charge < -0.3 is 0 Å². The van der Waals surface area contributed by atoms with E-state index in [9.17, 15) is 0 Å². The summed E-state index contributed by atoms with van der Waals surface area (Å²) < 4.78 is 2.21. The first-order valence-corrected chi connectivity index (χ1v) is 17.7. The summed E-state index contributed by atoms with van der Waals surface area (Å²) in [6.45, 7) is 0. The second-order valence-corrected chi connectivity index (χ2v) is 16.0. The van der Waals surface area contributed by atoms with Gasteiger partial charge in [-0.15, -0.1) is 45.3 Å². The third kappa shape index (κ3) is 5.58. The largest absolute Gasteiger partial charge is 0.140 e. The summed E-state index contributed by atoms with van der Waals surface area (Å²) in [6.07, 6.45) is 9.08. The molecule has 0 radical (unpaired) electrons. The summed E-state index contributed by atoms with van der Waals surface area (Å²) in [4.78, 5) is 10.6. The normalized spacial score (nSPS) is 18.1. The lowest BCUT2D eigenvalue weighted by Crippen LogP contribution is -1.98. The van der Waals surface area contributed by atoms with Crippen LogP contribution in [0.2, 0.25) is 0 Å². The monoisotopic (exact) mass is 716 g/mol. The topological polar surface area (TPSA) is 0 Å². The van der Waals surface area contributed by atoms with Crippen LogP contribution in [0.4, 0.5) is 0 Å². The van der Waals surface area contributed by atoms with Gasteiger partial charge >= 0.3 is 0 Å². The van der Waals surface area contributed by atoms with Gasteiger partial charge in [-0.3, -0.25) is 0 Å². The van der Waals surface area contributed by atoms with Crippen molar-refractivity contribution in [1.82, 2.24) is 0 Å². The first kappa shape index (κ1) is 26.6. The molecule has 6 aromatic rings. The van der Waals surface area contributed by atoms with Gasteiger partial charge in [-0.1, -0.05) is 56.1 Å². The average Bonchev–Trinajstić information content (AvgIpc) is 3.77. The molecule has 2 aromatic carbocycles. The van der Waals surface area contributed by atoms with E-state index in [0.717, 1.165) is 8.95 Å². The van der Waals surface area contributed by atoms with Crippen LogP contribution in [0.5, 0.6) is 0 Å². The second-order valence-electron chi connectivity index (χ2n) is 9.60. The maximum absolute atomic E-state index is 3.61. The molecule has 1 aliphatic heterocycles. The smallest absolute Gasteiger partial charge is 0.0528 e. The fourth-order valence-corrected chi connectivity index (χ4v) is 9.95. The second kappa shape index (κ2) is 11.5. The summed E-state index contributed by atoms with van der Waals surface area (Å²) in [6, 6.07) is 35.8. The molecule has 4 aromatic heterocycles. The molecule has 5 heterocycles. The van der Waals surface area contributed by atoms with E-state index in [1.54, 1.807) is 0 Å². The van der Waals surface area contributed by atoms with E-state index in [1.807, 2.05) is 45.3 Å². The molecule has 1 aliphatic rings. The summed E-state index contributed by atoms with van der Waals surface area (Å²) in [5.74, 6) is 0.444. The van der Waals surface area contributed by atoms with Crippen molar-refractivity contribution in [2.75, 3.05) is 0 Å². The minimum atomic E-state index is 0.222. The Bertz CT molecular complexity index is 1600. The molecule has 40 heavy (non-hydrogen) atoms. The molecule has 0 N–H and O–H groups in total. The van der Waals surface area contributed by atoms with E-state index in [2.05, 4.69) is 153 Å². The van der Waals surface area contributed by atoms with E-state index in [-0.39, 0.29) is 11.8 Å². The Kier molecular flexibility index (Phi) is 7.65. The van der Waals surface area contributed by atoms with Crippen molar-refractivity contribution in [1.29, 1.82) is 0 Å². The Balaban J connectivity index is 1.35. The number of halogens is 2. The van der Waals surface area contributed by atoms with Crippen molar-refractivity contribution in [3.8, 4) is 0 Å². The van der Waals surface area contributed by atoms with Crippen LogP contribution < -0.4 is 0 Å². The summed E-state index contributed by atoms with van der Waals surface area (Å²) >= 11 is 14.8. The van der Waals surface area contributed by atoms with Crippen molar-refractivity contribution < 1.29 is 0 Å². The Morgan fingerprint density at radius 1 is 0.350 bits per heavy atom. The molecule has 7 rings (SSSR count). The first-order valence-electron chi connectivity index (χ1n) is 12.8. The van der Waals surface area contributed by atoms with Gasteiger partial charge in [0.05, 0.1) is 11.8 Å². The van der Waals surface area contributed by atoms with E-state index in [0.29, 0.717) is 0 Å². The standard InChI is InChI=1S/C34H22Br2S4/c35-23-5-1-21(2-6-23)33-29-17-13-25(37-29)9-11-27-15-19-31(39-27)34(22-3-7-24(36)8-4-22)32-20-16-28(40-32)12-10-26-14-18-30(33)38-26/h1-20,33-34H/b11-9+,12-10+. The molecule has 0 saturated heterocycles. The molecule has 0 amide bonds. The molecule has 0 fully saturated rings. The number of rotatable bonds is 2. The third-order valence-corrected chi connectivity index (χ3v) is 12.5. The molecule has 0 saturated carbocycles. The van der Waals surface area contributed by atoms with Gasteiger partial charge in [-0.05, 0) is 108 Å². The zero-order valence-electron chi connectivity index (χ0n) is 21.1. The summed E-state index contributed by atoms with van der Waals surface area (Å²) in [7, 11) is 0. The van der Waals surface area contributed by atoms with Gasteiger partial charge in [0.25, 0.3) is 0 Å². The van der Waals surface area contributed by atoms with Crippen LogP contribution in [0.15, 0.2) is 106 Å². The highest BCUT2D eigenvalue weighted by atomic mass is 79.9. The Hall–Kier alpha value is -2.32. The summed E-state index contributed by atoms with van der Waals surface area (Å²) in [5.41, 5.74) is 2.63. The van der Waals surface area contributed by atoms with Crippen LogP contribution in [-0.4, -0.2) is 0 Å². The van der Waals surface area contributed by atoms with Gasteiger partial charge in [0.15, 0.2) is 0 Å². The number of fused-ring (bicyclic) bond motifs is 8. The maximum atomic E-state index is 3.61. The lowest BCUT2D eigenvalue weighted by atomic mass is 9.96. The SMILES string of the molecule is Brc1ccc(C2c3ccc(s3)/C=C/c3ccc(s3)C(c3ccc(Br)cc3)c3ccc(s3)/C=C/c3ccc2s3)cc1. The lowest BCUT2D eigenvalue weighted by molar-refractivity contribution is 1.03. The number of benzene rings is 2. The fourth-order valence-electron chi connectivity index (χ4n) is 5.03. The van der Waals surface area contributed by atoms with Crippen LogP contribution in [0, 0.1) is 0 Å². The highest BCUT2D eigenvalue weighted by Crippen LogP contribution is 2.43. The van der Waals surface area contributed by atoms with Gasteiger partial charge in [-0.2, -0.15) is 0 Å². The molecular weight excluding hydrogens is 696 g/mol. The van der Waals surface area contributed by atoms with E-state index in [4.69, 9.17) is 0 Å². The Morgan fingerprint density at radius 3 is 0.900 bits per heavy atom. The molecule has 0 unspecified atom stereocenters. The van der Waals surface area contributed by atoms with E-state index >= 15 is 0 Å². The van der Waals surface area contributed by atoms with E-state index < -0.39 is 0 Å². The van der Waals surface area contributed by atoms with Gasteiger partial charge in [-0.25, -0.2) is 0 Å². The maximum Gasteiger partial charge on any atom is 0.0528 e. The highest BCUT2D eigenvalue weighted by molar-refractivity contribution is 9.10. The fraction of sp³-hybridized carbons (Fsp3) is 0.0588. The average molecular weight is 719 g/mol. The Labute approximate surface area is 267 Å². The quantitative estimate of drug-likeness (QED) is 0.167. The van der Waals surface area contributed by atoms with E-state index in [1.165, 1.54) is 50.1 Å². The Morgan fingerprint density at radius 2 is 0.625 bits per heavy atom. The molecule has 6 heteroatoms. The van der Waals surface area contributed by atoms with Gasteiger partial charge in [0.2, 0.25) is 0 Å². The van der Waals surface area contributed by atoms with Crippen molar-refractivity contribution >= 4 is 102 Å². The molecule has 196 valence electrons. The van der Waals surface area contributed by atoms with Crippen molar-refractivity contribution in [3.63, 3.8) is 0 Å². The predicted octanol–water partition coefficient (Wildman–Crippen LogP) is 12.5.